The van der Waals surface area contributed by atoms with Crippen LogP contribution in [0, 0.1) is 0 Å². The zero-order chi connectivity index (χ0) is 32.2. The van der Waals surface area contributed by atoms with Gasteiger partial charge >= 0.3 is 15.6 Å². The number of hydrogen-bond acceptors (Lipinski definition) is 17. The molecule has 4 saturated heterocycles. The van der Waals surface area contributed by atoms with E-state index < -0.39 is 83.1 Å². The van der Waals surface area contributed by atoms with Crippen LogP contribution in [0.15, 0.2) is 23.4 Å². The molecular weight excluding hydrogens is 665 g/mol. The first-order chi connectivity index (χ1) is 21.8. The van der Waals surface area contributed by atoms with Crippen LogP contribution in [-0.2, 0) is 41.4 Å². The zero-order valence-electron chi connectivity index (χ0n) is 22.9. The average molecular weight is 688 g/mol. The highest BCUT2D eigenvalue weighted by Gasteiger charge is 2.66. The van der Waals surface area contributed by atoms with Gasteiger partial charge in [-0.3, -0.25) is 32.4 Å². The molecule has 8 rings (SSSR count). The molecule has 10 atom stereocenters. The summed E-state index contributed by atoms with van der Waals surface area (Å²) in [6.07, 6.45) is -8.45. The van der Waals surface area contributed by atoms with Crippen LogP contribution in [-0.4, -0.2) is 105 Å². The quantitative estimate of drug-likeness (QED) is 0.158. The van der Waals surface area contributed by atoms with E-state index in [4.69, 9.17) is 43.8 Å². The first kappa shape index (κ1) is 29.9. The summed E-state index contributed by atoms with van der Waals surface area (Å²) < 4.78 is 83.5. The predicted molar refractivity (Wildman–Crippen MR) is 145 cm³/mol. The number of phosphoric ester groups is 2. The van der Waals surface area contributed by atoms with E-state index in [1.807, 2.05) is 0 Å². The molecule has 7 N–H and O–H groups in total. The van der Waals surface area contributed by atoms with Gasteiger partial charge in [0, 0.05) is 6.20 Å². The maximum atomic E-state index is 15.8. The molecule has 0 aromatic carbocycles. The fourth-order valence-corrected chi connectivity index (χ4v) is 7.86. The van der Waals surface area contributed by atoms with Crippen LogP contribution in [0.4, 0.5) is 16.0 Å². The van der Waals surface area contributed by atoms with Gasteiger partial charge in [0.15, 0.2) is 35.4 Å². The predicted octanol–water partition coefficient (Wildman–Crippen LogP) is -0.956. The molecule has 22 nitrogen and oxygen atoms in total. The first-order valence-electron chi connectivity index (χ1n) is 13.4. The number of phosphoric acid groups is 2. The van der Waals surface area contributed by atoms with E-state index in [0.29, 0.717) is 11.2 Å². The van der Waals surface area contributed by atoms with Gasteiger partial charge < -0.3 is 35.5 Å². The summed E-state index contributed by atoms with van der Waals surface area (Å²) in [5.41, 5.74) is 9.45. The van der Waals surface area contributed by atoms with Crippen LogP contribution in [0.5, 0.6) is 0 Å². The molecule has 0 amide bonds. The number of fused-ring (bicyclic) bond motifs is 4. The van der Waals surface area contributed by atoms with Crippen LogP contribution in [0.1, 0.15) is 12.5 Å². The number of aromatic amines is 1. The third-order valence-electron chi connectivity index (χ3n) is 7.97. The minimum atomic E-state index is -5.20. The van der Waals surface area contributed by atoms with E-state index in [0.717, 1.165) is 4.68 Å². The number of H-pyrrole nitrogens is 1. The highest BCUT2D eigenvalue weighted by Crippen LogP contribution is 2.58. The second-order valence-corrected chi connectivity index (χ2v) is 13.7. The Kier molecular flexibility index (Phi) is 6.67. The van der Waals surface area contributed by atoms with Crippen molar-refractivity contribution in [2.45, 2.75) is 48.6 Å². The van der Waals surface area contributed by atoms with Crippen LogP contribution in [0.2, 0.25) is 0 Å². The van der Waals surface area contributed by atoms with E-state index in [2.05, 4.69) is 30.2 Å². The number of anilines is 2. The topological polar surface area (TPSA) is 298 Å². The average Bonchev–Trinajstić information content (AvgIpc) is 3.80. The van der Waals surface area contributed by atoms with Crippen molar-refractivity contribution in [3.63, 3.8) is 0 Å². The summed E-state index contributed by atoms with van der Waals surface area (Å²) in [7, 11) is -10.3. The lowest BCUT2D eigenvalue weighted by Gasteiger charge is -2.32. The maximum absolute atomic E-state index is 15.8. The monoisotopic (exact) mass is 688 g/mol. The smallest absolute Gasteiger partial charge is 0.397 e. The molecule has 4 aromatic rings. The molecule has 0 radical (unpaired) electrons. The van der Waals surface area contributed by atoms with Crippen LogP contribution in [0.25, 0.3) is 22.3 Å². The number of ether oxygens (including phenoxy) is 3. The molecule has 0 aliphatic carbocycles. The van der Waals surface area contributed by atoms with E-state index in [-0.39, 0.29) is 29.4 Å². The molecule has 8 heterocycles. The lowest BCUT2D eigenvalue weighted by atomic mass is 10.0. The minimum absolute atomic E-state index is 0.274. The molecule has 4 aliphatic rings. The molecule has 246 valence electrons. The summed E-state index contributed by atoms with van der Waals surface area (Å²) in [5, 5.41) is 7.45. The number of nitrogens with zero attached hydrogens (tertiary/aromatic N) is 7. The van der Waals surface area contributed by atoms with E-state index in [1.165, 1.54) is 17.1 Å². The third-order valence-corrected chi connectivity index (χ3v) is 9.91. The van der Waals surface area contributed by atoms with Crippen molar-refractivity contribution in [3.8, 4) is 0 Å². The molecule has 4 aliphatic heterocycles. The largest absolute Gasteiger partial charge is 0.472 e. The number of nitrogen functional groups attached to an aromatic ring is 2. The highest BCUT2D eigenvalue weighted by molar-refractivity contribution is 7.47. The fraction of sp³-hybridized carbons (Fsp3) is 0.524. The van der Waals surface area contributed by atoms with Crippen molar-refractivity contribution in [2.75, 3.05) is 31.3 Å². The van der Waals surface area contributed by atoms with Crippen molar-refractivity contribution in [1.82, 2.24) is 39.5 Å². The first-order valence-corrected chi connectivity index (χ1v) is 16.4. The number of hydrogen-bond donors (Lipinski definition) is 5. The summed E-state index contributed by atoms with van der Waals surface area (Å²) in [5.74, 6) is -0.339. The van der Waals surface area contributed by atoms with Gasteiger partial charge in [-0.05, 0) is 6.07 Å². The van der Waals surface area contributed by atoms with Crippen LogP contribution >= 0.6 is 15.6 Å². The molecule has 25 heteroatoms. The molecule has 0 saturated carbocycles. The van der Waals surface area contributed by atoms with Crippen LogP contribution in [0.3, 0.4) is 0 Å². The number of pyridine rings is 1. The van der Waals surface area contributed by atoms with Gasteiger partial charge in [0.25, 0.3) is 5.56 Å². The van der Waals surface area contributed by atoms with Crippen molar-refractivity contribution >= 4 is 49.6 Å². The SMILES string of the molecule is Nc1nc2c(nnn2[C@@H]2O[C@@H]3COP(=O)(O)O[C@H]4[C@H]5OC[C@]4(COP(=O)(O)O[C@@H]2[C@@H]3F)O[C@H]5n2cnc3c(N)ccnc32)c(=O)[nH]1. The molecule has 2 unspecified atom stereocenters. The van der Waals surface area contributed by atoms with E-state index in [9.17, 15) is 23.7 Å². The van der Waals surface area contributed by atoms with Crippen molar-refractivity contribution in [1.29, 1.82) is 0 Å². The Labute approximate surface area is 253 Å². The Morgan fingerprint density at radius 3 is 2.67 bits per heavy atom. The van der Waals surface area contributed by atoms with Crippen molar-refractivity contribution in [3.05, 3.63) is 28.9 Å². The third kappa shape index (κ3) is 4.66. The van der Waals surface area contributed by atoms with E-state index in [1.54, 1.807) is 6.07 Å². The number of halogens is 1. The minimum Gasteiger partial charge on any atom is -0.397 e. The second-order valence-electron chi connectivity index (χ2n) is 10.8. The molecule has 4 fully saturated rings. The van der Waals surface area contributed by atoms with Gasteiger partial charge in [0.2, 0.25) is 5.95 Å². The Hall–Kier alpha value is -3.47. The molecular formula is C21H23FN10O12P2. The standard InChI is InChI=1S/C21H23FN10O12P2/c22-9-8-3-39-45(34,35)44-14-13-18(31-6-26-10-7(23)1-2-25-15(10)31)42-21(14,4-38-13)5-40-46(36,37)43-12(9)19(41-8)32-16-11(29-30-32)17(33)28-20(24)27-16/h1-2,6,8-9,12-14,18-19H,3-5H2,(H2,23,25)(H,34,35)(H,36,37)(H3,24,27,28,33)/t8-,9-,12-,13-,14+,18-,19-,21-/m1/s1. The van der Waals surface area contributed by atoms with Gasteiger partial charge in [-0.2, -0.15) is 9.67 Å². The maximum Gasteiger partial charge on any atom is 0.472 e. The number of nitrogens with one attached hydrogen (secondary N) is 1. The summed E-state index contributed by atoms with van der Waals surface area (Å²) in [6.45, 7) is -2.04. The summed E-state index contributed by atoms with van der Waals surface area (Å²) >= 11 is 0. The van der Waals surface area contributed by atoms with Gasteiger partial charge in [-0.25, -0.2) is 23.5 Å². The number of aromatic nitrogens is 8. The molecule has 4 aromatic heterocycles. The normalized spacial score (nSPS) is 39.7. The second kappa shape index (κ2) is 10.3. The number of nitrogens with two attached hydrogens (primary N) is 2. The van der Waals surface area contributed by atoms with Gasteiger partial charge in [-0.1, -0.05) is 5.21 Å². The Balaban J connectivity index is 1.14. The lowest BCUT2D eigenvalue weighted by molar-refractivity contribution is -0.184. The number of imidazole rings is 1. The van der Waals surface area contributed by atoms with Gasteiger partial charge in [0.1, 0.15) is 35.5 Å². The lowest BCUT2D eigenvalue weighted by Crippen LogP contribution is -2.45. The van der Waals surface area contributed by atoms with Gasteiger partial charge in [-0.15, -0.1) is 5.10 Å². The Morgan fingerprint density at radius 1 is 1.04 bits per heavy atom. The summed E-state index contributed by atoms with van der Waals surface area (Å²) in [4.78, 5) is 48.5. The summed E-state index contributed by atoms with van der Waals surface area (Å²) in [6, 6.07) is 1.54. The van der Waals surface area contributed by atoms with Gasteiger partial charge in [0.05, 0.1) is 31.8 Å². The number of rotatable bonds is 2. The molecule has 0 spiro atoms. The molecule has 4 bridgehead atoms. The van der Waals surface area contributed by atoms with Crippen LogP contribution < -0.4 is 17.0 Å². The molecule has 46 heavy (non-hydrogen) atoms. The number of alkyl halides is 1. The zero-order valence-corrected chi connectivity index (χ0v) is 24.7. The Morgan fingerprint density at radius 2 is 1.85 bits per heavy atom. The van der Waals surface area contributed by atoms with Crippen molar-refractivity contribution in [2.24, 2.45) is 0 Å². The Bertz CT molecular complexity index is 2030. The van der Waals surface area contributed by atoms with Crippen molar-refractivity contribution < 1.29 is 55.6 Å². The fourth-order valence-electron chi connectivity index (χ4n) is 5.90. The highest BCUT2D eigenvalue weighted by atomic mass is 31.2. The van der Waals surface area contributed by atoms with E-state index >= 15 is 4.39 Å².